The zero-order valence-electron chi connectivity index (χ0n) is 20.9. The molecule has 1 aromatic carbocycles. The minimum Gasteiger partial charge on any atom is -0.369 e. The first kappa shape index (κ1) is 21.0. The summed E-state index contributed by atoms with van der Waals surface area (Å²) in [5, 5.41) is 8.20. The van der Waals surface area contributed by atoms with Gasteiger partial charge in [-0.2, -0.15) is 0 Å². The first-order valence-corrected chi connectivity index (χ1v) is 13.3. The van der Waals surface area contributed by atoms with Crippen LogP contribution in [0, 0.1) is 12.8 Å². The molecule has 2 saturated carbocycles. The molecule has 0 radical (unpaired) electrons. The monoisotopic (exact) mass is 484 g/mol. The van der Waals surface area contributed by atoms with Crippen molar-refractivity contribution in [2.45, 2.75) is 62.1 Å². The largest absolute Gasteiger partial charge is 0.369 e. The van der Waals surface area contributed by atoms with E-state index in [9.17, 15) is 4.79 Å². The maximum Gasteiger partial charge on any atom is 0.318 e. The molecular formula is C28H32N6O2. The SMILES string of the molecule is Cc1cc(N2CC[C@](C)(c3ccccc3)C2)cn2nc(C34CC(CO3)C4N3CC4(CC4)NC3=O)nc12. The number of ether oxygens (including phenoxy) is 1. The number of nitrogens with one attached hydrogen (secondary N) is 1. The number of hydrogen-bond donors (Lipinski definition) is 1. The van der Waals surface area contributed by atoms with Crippen LogP contribution in [-0.2, 0) is 15.8 Å². The molecule has 3 aromatic rings. The Morgan fingerprint density at radius 2 is 1.97 bits per heavy atom. The van der Waals surface area contributed by atoms with Gasteiger partial charge in [-0.15, -0.1) is 5.10 Å². The van der Waals surface area contributed by atoms with Crippen molar-refractivity contribution >= 4 is 17.4 Å². The second kappa shape index (κ2) is 6.79. The van der Waals surface area contributed by atoms with Crippen molar-refractivity contribution < 1.29 is 9.53 Å². The Morgan fingerprint density at radius 1 is 1.14 bits per heavy atom. The summed E-state index contributed by atoms with van der Waals surface area (Å²) in [6.45, 7) is 7.93. The van der Waals surface area contributed by atoms with Gasteiger partial charge in [0.15, 0.2) is 17.1 Å². The van der Waals surface area contributed by atoms with E-state index in [1.54, 1.807) is 0 Å². The molecule has 6 aliphatic rings. The molecule has 1 N–H and O–H groups in total. The summed E-state index contributed by atoms with van der Waals surface area (Å²) in [4.78, 5) is 22.3. The molecule has 2 aliphatic carbocycles. The molecule has 3 unspecified atom stereocenters. The quantitative estimate of drug-likeness (QED) is 0.615. The Hall–Kier alpha value is -3.13. The molecule has 4 saturated heterocycles. The summed E-state index contributed by atoms with van der Waals surface area (Å²) in [6.07, 6.45) is 6.28. The topological polar surface area (TPSA) is 75.0 Å². The van der Waals surface area contributed by atoms with Gasteiger partial charge in [0.25, 0.3) is 0 Å². The van der Waals surface area contributed by atoms with E-state index < -0.39 is 5.60 Å². The maximum absolute atomic E-state index is 12.8. The molecule has 9 rings (SSSR count). The number of aromatic nitrogens is 3. The molecule has 8 heteroatoms. The molecule has 4 aliphatic heterocycles. The third-order valence-corrected chi connectivity index (χ3v) is 9.63. The van der Waals surface area contributed by atoms with Gasteiger partial charge < -0.3 is 19.9 Å². The zero-order valence-corrected chi connectivity index (χ0v) is 20.9. The molecule has 8 nitrogen and oxygen atoms in total. The summed E-state index contributed by atoms with van der Waals surface area (Å²) in [5.74, 6) is 1.09. The van der Waals surface area contributed by atoms with Crippen LogP contribution >= 0.6 is 0 Å². The Labute approximate surface area is 210 Å². The van der Waals surface area contributed by atoms with Gasteiger partial charge in [-0.1, -0.05) is 37.3 Å². The van der Waals surface area contributed by atoms with Crippen molar-refractivity contribution in [3.05, 3.63) is 59.5 Å². The number of nitrogens with zero attached hydrogens (tertiary/aromatic N) is 5. The predicted molar refractivity (Wildman–Crippen MR) is 135 cm³/mol. The van der Waals surface area contributed by atoms with Gasteiger partial charge in [-0.05, 0) is 49.8 Å². The number of anilines is 1. The fourth-order valence-corrected chi connectivity index (χ4v) is 7.32. The second-order valence-corrected chi connectivity index (χ2v) is 12.1. The maximum atomic E-state index is 12.8. The van der Waals surface area contributed by atoms with Gasteiger partial charge in [-0.3, -0.25) is 0 Å². The Morgan fingerprint density at radius 3 is 2.72 bits per heavy atom. The Balaban J connectivity index is 1.11. The molecule has 36 heavy (non-hydrogen) atoms. The average molecular weight is 485 g/mol. The number of hydrogen-bond acceptors (Lipinski definition) is 5. The molecule has 2 amide bonds. The first-order valence-electron chi connectivity index (χ1n) is 13.3. The summed E-state index contributed by atoms with van der Waals surface area (Å²) in [7, 11) is 0. The fourth-order valence-electron chi connectivity index (χ4n) is 7.32. The number of amides is 2. The third kappa shape index (κ3) is 2.76. The second-order valence-electron chi connectivity index (χ2n) is 12.1. The molecule has 6 fully saturated rings. The van der Waals surface area contributed by atoms with Crippen LogP contribution in [0.1, 0.15) is 49.6 Å². The fraction of sp³-hybridized carbons (Fsp3) is 0.536. The van der Waals surface area contributed by atoms with Crippen LogP contribution in [0.3, 0.4) is 0 Å². The lowest BCUT2D eigenvalue weighted by Gasteiger charge is -2.47. The van der Waals surface area contributed by atoms with E-state index in [4.69, 9.17) is 14.8 Å². The number of pyridine rings is 1. The summed E-state index contributed by atoms with van der Waals surface area (Å²) < 4.78 is 8.30. The summed E-state index contributed by atoms with van der Waals surface area (Å²) >= 11 is 0. The van der Waals surface area contributed by atoms with Gasteiger partial charge in [0, 0.05) is 31.0 Å². The number of fused-ring (bicyclic) bond motifs is 2. The van der Waals surface area contributed by atoms with E-state index in [0.29, 0.717) is 12.5 Å². The molecule has 2 aromatic heterocycles. The summed E-state index contributed by atoms with van der Waals surface area (Å²) in [5.41, 5.74) is 4.12. The Kier molecular flexibility index (Phi) is 3.96. The minimum absolute atomic E-state index is 0.00904. The smallest absolute Gasteiger partial charge is 0.318 e. The van der Waals surface area contributed by atoms with Crippen molar-refractivity contribution in [1.82, 2.24) is 24.8 Å². The van der Waals surface area contributed by atoms with Gasteiger partial charge in [-0.25, -0.2) is 14.3 Å². The number of urea groups is 1. The van der Waals surface area contributed by atoms with Crippen LogP contribution in [0.25, 0.3) is 5.65 Å². The van der Waals surface area contributed by atoms with E-state index >= 15 is 0 Å². The highest BCUT2D eigenvalue weighted by atomic mass is 16.5. The van der Waals surface area contributed by atoms with Crippen molar-refractivity contribution in [3.63, 3.8) is 0 Å². The molecule has 186 valence electrons. The molecule has 4 atom stereocenters. The number of carbonyl (C=O) groups excluding carboxylic acids is 1. The molecule has 2 bridgehead atoms. The Bertz CT molecular complexity index is 1400. The van der Waals surface area contributed by atoms with E-state index in [1.807, 2.05) is 9.42 Å². The number of aryl methyl sites for hydroxylation is 1. The first-order chi connectivity index (χ1) is 17.4. The number of benzene rings is 1. The van der Waals surface area contributed by atoms with E-state index in [-0.39, 0.29) is 23.0 Å². The highest BCUT2D eigenvalue weighted by Crippen LogP contribution is 2.58. The van der Waals surface area contributed by atoms with Crippen molar-refractivity contribution in [2.24, 2.45) is 5.92 Å². The summed E-state index contributed by atoms with van der Waals surface area (Å²) in [6, 6.07) is 13.2. The molecule has 6 heterocycles. The highest BCUT2D eigenvalue weighted by Gasteiger charge is 2.69. The van der Waals surface area contributed by atoms with Crippen LogP contribution in [0.4, 0.5) is 10.5 Å². The van der Waals surface area contributed by atoms with Crippen molar-refractivity contribution in [2.75, 3.05) is 31.1 Å². The highest BCUT2D eigenvalue weighted by molar-refractivity contribution is 5.79. The van der Waals surface area contributed by atoms with Crippen molar-refractivity contribution in [3.8, 4) is 0 Å². The standard InChI is InChI=1S/C28H32N6O2/c1-18-12-21(32-11-10-26(2,16-32)20-6-4-3-5-7-20)14-34-23(18)29-24(31-34)28-13-19(15-36-28)22(28)33-17-27(8-9-27)30-25(33)35/h3-7,12,14,19,22H,8-11,13,15-17H2,1-2H3,(H,30,35)/t19?,22?,26-,28?/m0/s1. The number of rotatable bonds is 4. The zero-order chi connectivity index (χ0) is 24.3. The van der Waals surface area contributed by atoms with Gasteiger partial charge in [0.1, 0.15) is 0 Å². The van der Waals surface area contributed by atoms with E-state index in [0.717, 1.165) is 62.4 Å². The van der Waals surface area contributed by atoms with Crippen LogP contribution < -0.4 is 10.2 Å². The van der Waals surface area contributed by atoms with Crippen LogP contribution in [0.15, 0.2) is 42.6 Å². The van der Waals surface area contributed by atoms with E-state index in [2.05, 4.69) is 66.7 Å². The molecule has 1 spiro atoms. The van der Waals surface area contributed by atoms with Crippen LogP contribution in [0.2, 0.25) is 0 Å². The number of carbonyl (C=O) groups is 1. The van der Waals surface area contributed by atoms with Crippen molar-refractivity contribution in [1.29, 1.82) is 0 Å². The average Bonchev–Trinajstić information content (AvgIpc) is 3.39. The lowest BCUT2D eigenvalue weighted by atomic mass is 9.68. The lowest BCUT2D eigenvalue weighted by Crippen LogP contribution is -2.60. The van der Waals surface area contributed by atoms with Gasteiger partial charge >= 0.3 is 6.03 Å². The predicted octanol–water partition coefficient (Wildman–Crippen LogP) is 3.38. The third-order valence-electron chi connectivity index (χ3n) is 9.63. The van der Waals surface area contributed by atoms with Crippen LogP contribution in [0.5, 0.6) is 0 Å². The lowest BCUT2D eigenvalue weighted by molar-refractivity contribution is -0.0733. The van der Waals surface area contributed by atoms with Gasteiger partial charge in [0.05, 0.1) is 30.1 Å². The minimum atomic E-state index is -0.583. The van der Waals surface area contributed by atoms with Crippen LogP contribution in [-0.4, -0.2) is 63.4 Å². The normalized spacial score (nSPS) is 34.0. The van der Waals surface area contributed by atoms with E-state index in [1.165, 1.54) is 11.3 Å². The van der Waals surface area contributed by atoms with Gasteiger partial charge in [0.2, 0.25) is 0 Å². The molecular weight excluding hydrogens is 452 g/mol.